The highest BCUT2D eigenvalue weighted by Crippen LogP contribution is 2.25. The number of aryl methyl sites for hydroxylation is 1. The number of piperidine rings is 1. The number of carboxylic acid groups (broad SMARTS) is 1. The number of carbonyl (C=O) groups is 2. The highest BCUT2D eigenvalue weighted by Gasteiger charge is 2.36. The normalized spacial score (nSPS) is 22.0. The van der Waals surface area contributed by atoms with Crippen molar-refractivity contribution in [2.45, 2.75) is 32.7 Å². The van der Waals surface area contributed by atoms with Gasteiger partial charge < -0.3 is 15.3 Å². The molecule has 0 bridgehead atoms. The molecule has 21 heavy (non-hydrogen) atoms. The van der Waals surface area contributed by atoms with E-state index in [1.807, 2.05) is 0 Å². The number of aliphatic carboxylic acids is 1. The zero-order valence-corrected chi connectivity index (χ0v) is 12.5. The summed E-state index contributed by atoms with van der Waals surface area (Å²) in [6.45, 7) is 4.13. The molecule has 2 heterocycles. The van der Waals surface area contributed by atoms with Crippen LogP contribution >= 0.6 is 0 Å². The molecule has 114 valence electrons. The zero-order chi connectivity index (χ0) is 15.6. The van der Waals surface area contributed by atoms with E-state index in [4.69, 9.17) is 0 Å². The maximum Gasteiger partial charge on any atom is 0.308 e. The molecule has 2 N–H and O–H groups in total. The first-order valence-corrected chi connectivity index (χ1v) is 7.01. The van der Waals surface area contributed by atoms with Gasteiger partial charge in [0, 0.05) is 25.3 Å². The van der Waals surface area contributed by atoms with E-state index in [2.05, 4.69) is 15.3 Å². The second-order valence-corrected chi connectivity index (χ2v) is 5.29. The average molecular weight is 292 g/mol. The van der Waals surface area contributed by atoms with Crippen molar-refractivity contribution in [3.05, 3.63) is 17.5 Å². The van der Waals surface area contributed by atoms with E-state index >= 15 is 0 Å². The van der Waals surface area contributed by atoms with Crippen molar-refractivity contribution in [1.82, 2.24) is 14.9 Å². The molecule has 1 aliphatic heterocycles. The summed E-state index contributed by atoms with van der Waals surface area (Å²) in [7, 11) is 1.69. The summed E-state index contributed by atoms with van der Waals surface area (Å²) >= 11 is 0. The van der Waals surface area contributed by atoms with Crippen LogP contribution in [0.15, 0.2) is 6.07 Å². The van der Waals surface area contributed by atoms with E-state index in [1.54, 1.807) is 31.9 Å². The fraction of sp³-hybridized carbons (Fsp3) is 0.571. The third kappa shape index (κ3) is 3.12. The Kier molecular flexibility index (Phi) is 4.40. The van der Waals surface area contributed by atoms with E-state index in [9.17, 15) is 14.7 Å². The van der Waals surface area contributed by atoms with E-state index < -0.39 is 11.9 Å². The lowest BCUT2D eigenvalue weighted by Gasteiger charge is -2.37. The van der Waals surface area contributed by atoms with Crippen LogP contribution in [0.5, 0.6) is 0 Å². The van der Waals surface area contributed by atoms with Crippen LogP contribution < -0.4 is 5.32 Å². The number of nitrogens with zero attached hydrogens (tertiary/aromatic N) is 3. The lowest BCUT2D eigenvalue weighted by molar-refractivity contribution is -0.144. The monoisotopic (exact) mass is 292 g/mol. The number of carboxylic acids is 1. The maximum absolute atomic E-state index is 12.6. The molecule has 7 heteroatoms. The summed E-state index contributed by atoms with van der Waals surface area (Å²) in [5, 5.41) is 12.0. The van der Waals surface area contributed by atoms with Crippen LogP contribution in [0, 0.1) is 12.8 Å². The molecule has 1 aliphatic rings. The Hall–Kier alpha value is -2.18. The highest BCUT2D eigenvalue weighted by molar-refractivity contribution is 5.93. The van der Waals surface area contributed by atoms with Crippen LogP contribution in [-0.4, -0.2) is 51.5 Å². The molecule has 0 radical (unpaired) electrons. The molecule has 7 nitrogen and oxygen atoms in total. The first kappa shape index (κ1) is 15.2. The Morgan fingerprint density at radius 2 is 2.14 bits per heavy atom. The molecule has 0 spiro atoms. The predicted molar refractivity (Wildman–Crippen MR) is 77.2 cm³/mol. The summed E-state index contributed by atoms with van der Waals surface area (Å²) in [6, 6.07) is 1.29. The average Bonchev–Trinajstić information content (AvgIpc) is 2.45. The molecule has 1 fully saturated rings. The van der Waals surface area contributed by atoms with E-state index in [-0.39, 0.29) is 11.9 Å². The molecule has 1 saturated heterocycles. The SMILES string of the molecule is CNc1nc(C)cc(C(=O)N2CCC[C@H](C(=O)O)[C@@H]2C)n1. The fourth-order valence-electron chi connectivity index (χ4n) is 2.70. The fourth-order valence-corrected chi connectivity index (χ4v) is 2.70. The van der Waals surface area contributed by atoms with Gasteiger partial charge in [-0.25, -0.2) is 9.97 Å². The maximum atomic E-state index is 12.6. The molecule has 1 amide bonds. The summed E-state index contributed by atoms with van der Waals surface area (Å²) < 4.78 is 0. The molecule has 0 aliphatic carbocycles. The second kappa shape index (κ2) is 6.07. The quantitative estimate of drug-likeness (QED) is 0.867. The van der Waals surface area contributed by atoms with Crippen molar-refractivity contribution in [3.8, 4) is 0 Å². The molecule has 2 rings (SSSR count). The minimum Gasteiger partial charge on any atom is -0.481 e. The summed E-state index contributed by atoms with van der Waals surface area (Å²) in [6.07, 6.45) is 1.29. The summed E-state index contributed by atoms with van der Waals surface area (Å²) in [4.78, 5) is 33.8. The van der Waals surface area contributed by atoms with Gasteiger partial charge in [-0.15, -0.1) is 0 Å². The standard InChI is InChI=1S/C14H20N4O3/c1-8-7-11(17-14(15-3)16-8)12(19)18-6-4-5-10(9(18)2)13(20)21/h7,9-10H,4-6H2,1-3H3,(H,20,21)(H,15,16,17)/t9-,10-/m0/s1. The van der Waals surface area contributed by atoms with Gasteiger partial charge in [-0.1, -0.05) is 0 Å². The zero-order valence-electron chi connectivity index (χ0n) is 12.5. The number of rotatable bonds is 3. The molecule has 1 aromatic heterocycles. The van der Waals surface area contributed by atoms with Crippen LogP contribution in [0.3, 0.4) is 0 Å². The lowest BCUT2D eigenvalue weighted by atomic mass is 9.90. The molecule has 0 saturated carbocycles. The van der Waals surface area contributed by atoms with Gasteiger partial charge in [-0.3, -0.25) is 9.59 Å². The number of aromatic nitrogens is 2. The minimum atomic E-state index is -0.852. The molecule has 1 aromatic rings. The number of carbonyl (C=O) groups excluding carboxylic acids is 1. The van der Waals surface area contributed by atoms with E-state index in [1.165, 1.54) is 0 Å². The Morgan fingerprint density at radius 1 is 1.43 bits per heavy atom. The van der Waals surface area contributed by atoms with Gasteiger partial charge in [-0.2, -0.15) is 0 Å². The van der Waals surface area contributed by atoms with Gasteiger partial charge in [0.1, 0.15) is 5.69 Å². The Bertz CT molecular complexity index is 561. The van der Waals surface area contributed by atoms with Crippen molar-refractivity contribution >= 4 is 17.8 Å². The third-order valence-corrected chi connectivity index (χ3v) is 3.86. The number of hydrogen-bond acceptors (Lipinski definition) is 5. The highest BCUT2D eigenvalue weighted by atomic mass is 16.4. The van der Waals surface area contributed by atoms with Gasteiger partial charge in [0.15, 0.2) is 0 Å². The van der Waals surface area contributed by atoms with Crippen LogP contribution in [0.4, 0.5) is 5.95 Å². The minimum absolute atomic E-state index is 0.240. The third-order valence-electron chi connectivity index (χ3n) is 3.86. The van der Waals surface area contributed by atoms with Gasteiger partial charge in [-0.05, 0) is 32.8 Å². The molecule has 2 atom stereocenters. The van der Waals surface area contributed by atoms with Gasteiger partial charge in [0.05, 0.1) is 5.92 Å². The number of hydrogen-bond donors (Lipinski definition) is 2. The lowest BCUT2D eigenvalue weighted by Crippen LogP contribution is -2.49. The Morgan fingerprint density at radius 3 is 2.76 bits per heavy atom. The Balaban J connectivity index is 2.26. The van der Waals surface area contributed by atoms with Crippen molar-refractivity contribution in [2.24, 2.45) is 5.92 Å². The van der Waals surface area contributed by atoms with Crippen LogP contribution in [0.25, 0.3) is 0 Å². The van der Waals surface area contributed by atoms with E-state index in [0.29, 0.717) is 36.7 Å². The van der Waals surface area contributed by atoms with Crippen molar-refractivity contribution in [1.29, 1.82) is 0 Å². The van der Waals surface area contributed by atoms with Crippen molar-refractivity contribution < 1.29 is 14.7 Å². The topological polar surface area (TPSA) is 95.4 Å². The van der Waals surface area contributed by atoms with Gasteiger partial charge in [0.2, 0.25) is 5.95 Å². The predicted octanol–water partition coefficient (Wildman–Crippen LogP) is 1.15. The number of anilines is 1. The molecular weight excluding hydrogens is 272 g/mol. The smallest absolute Gasteiger partial charge is 0.308 e. The second-order valence-electron chi connectivity index (χ2n) is 5.29. The van der Waals surface area contributed by atoms with Crippen LogP contribution in [-0.2, 0) is 4.79 Å². The van der Waals surface area contributed by atoms with Crippen LogP contribution in [0.2, 0.25) is 0 Å². The van der Waals surface area contributed by atoms with Gasteiger partial charge in [0.25, 0.3) is 5.91 Å². The number of likely N-dealkylation sites (tertiary alicyclic amines) is 1. The number of amides is 1. The first-order valence-electron chi connectivity index (χ1n) is 7.01. The largest absolute Gasteiger partial charge is 0.481 e. The van der Waals surface area contributed by atoms with Gasteiger partial charge >= 0.3 is 5.97 Å². The van der Waals surface area contributed by atoms with E-state index in [0.717, 1.165) is 0 Å². The van der Waals surface area contributed by atoms with Crippen molar-refractivity contribution in [2.75, 3.05) is 18.9 Å². The number of nitrogens with one attached hydrogen (secondary N) is 1. The summed E-state index contributed by atoms with van der Waals surface area (Å²) in [5.74, 6) is -1.22. The Labute approximate surface area is 123 Å². The molecular formula is C14H20N4O3. The molecule has 0 aromatic carbocycles. The van der Waals surface area contributed by atoms with Crippen LogP contribution in [0.1, 0.15) is 35.9 Å². The van der Waals surface area contributed by atoms with Crippen molar-refractivity contribution in [3.63, 3.8) is 0 Å². The first-order chi connectivity index (χ1) is 9.93. The summed E-state index contributed by atoms with van der Waals surface area (Å²) in [5.41, 5.74) is 0.988. The molecule has 0 unspecified atom stereocenters.